The van der Waals surface area contributed by atoms with Crippen LogP contribution < -0.4 is 5.46 Å². The molecule has 0 aliphatic carbocycles. The van der Waals surface area contributed by atoms with Gasteiger partial charge in [0.2, 0.25) is 0 Å². The van der Waals surface area contributed by atoms with Crippen molar-refractivity contribution >= 4 is 18.4 Å². The summed E-state index contributed by atoms with van der Waals surface area (Å²) in [6, 6.07) is 6.14. The number of Topliss-reactive ketones (excluding diaryl/α,β-unsaturated/α-hetero) is 1. The molecule has 1 aliphatic rings. The summed E-state index contributed by atoms with van der Waals surface area (Å²) < 4.78 is 24.0. The minimum absolute atomic E-state index is 0.0140. The molecular formula is C14H12BFO4. The molecule has 1 aromatic heterocycles. The van der Waals surface area contributed by atoms with E-state index in [-0.39, 0.29) is 24.4 Å². The van der Waals surface area contributed by atoms with Crippen LogP contribution in [0.4, 0.5) is 4.39 Å². The van der Waals surface area contributed by atoms with Gasteiger partial charge in [0.15, 0.2) is 5.78 Å². The number of aryl methyl sites for hydroxylation is 1. The number of furan rings is 1. The number of rotatable bonds is 4. The van der Waals surface area contributed by atoms with Crippen LogP contribution in [0.3, 0.4) is 0 Å². The van der Waals surface area contributed by atoms with Gasteiger partial charge in [-0.2, -0.15) is 0 Å². The zero-order valence-corrected chi connectivity index (χ0v) is 10.6. The zero-order chi connectivity index (χ0) is 14.1. The van der Waals surface area contributed by atoms with E-state index >= 15 is 0 Å². The smallest absolute Gasteiger partial charge is 0.469 e. The molecule has 0 bridgehead atoms. The molecule has 0 unspecified atom stereocenters. The van der Waals surface area contributed by atoms with Crippen molar-refractivity contribution < 1.29 is 23.3 Å². The van der Waals surface area contributed by atoms with Crippen LogP contribution in [0.1, 0.15) is 28.1 Å². The fourth-order valence-corrected chi connectivity index (χ4v) is 2.28. The molecule has 0 saturated carbocycles. The first-order chi connectivity index (χ1) is 9.65. The van der Waals surface area contributed by atoms with Gasteiger partial charge in [-0.05, 0) is 35.3 Å². The summed E-state index contributed by atoms with van der Waals surface area (Å²) in [6.45, 7) is 0.161. The van der Waals surface area contributed by atoms with Gasteiger partial charge in [0, 0.05) is 12.8 Å². The molecule has 2 aromatic rings. The predicted molar refractivity (Wildman–Crippen MR) is 70.2 cm³/mol. The Hall–Kier alpha value is -1.92. The maximum absolute atomic E-state index is 13.9. The normalized spacial score (nSPS) is 13.6. The first-order valence-corrected chi connectivity index (χ1v) is 6.32. The van der Waals surface area contributed by atoms with Crippen molar-refractivity contribution in [3.05, 3.63) is 53.2 Å². The molecule has 4 nitrogen and oxygen atoms in total. The Morgan fingerprint density at radius 1 is 1.45 bits per heavy atom. The van der Waals surface area contributed by atoms with Crippen molar-refractivity contribution in [2.24, 2.45) is 0 Å². The van der Waals surface area contributed by atoms with Crippen LogP contribution in [-0.4, -0.2) is 17.9 Å². The quantitative estimate of drug-likeness (QED) is 0.677. The molecule has 2 heterocycles. The lowest BCUT2D eigenvalue weighted by Gasteiger charge is -2.05. The Morgan fingerprint density at radius 3 is 3.05 bits per heavy atom. The Balaban J connectivity index is 1.79. The summed E-state index contributed by atoms with van der Waals surface area (Å²) >= 11 is 0. The molecule has 0 spiro atoms. The van der Waals surface area contributed by atoms with Crippen LogP contribution in [0, 0.1) is 5.82 Å². The van der Waals surface area contributed by atoms with Gasteiger partial charge in [0.1, 0.15) is 11.6 Å². The van der Waals surface area contributed by atoms with Gasteiger partial charge in [0.05, 0.1) is 18.4 Å². The first kappa shape index (κ1) is 13.1. The minimum atomic E-state index is -1.08. The molecule has 1 aromatic carbocycles. The third-order valence-electron chi connectivity index (χ3n) is 3.37. The van der Waals surface area contributed by atoms with E-state index in [9.17, 15) is 14.2 Å². The highest BCUT2D eigenvalue weighted by atomic mass is 19.1. The van der Waals surface area contributed by atoms with Crippen LogP contribution in [-0.2, 0) is 17.7 Å². The van der Waals surface area contributed by atoms with E-state index in [1.165, 1.54) is 18.4 Å². The number of hydrogen-bond donors (Lipinski definition) is 1. The van der Waals surface area contributed by atoms with Crippen molar-refractivity contribution in [3.8, 4) is 0 Å². The number of fused-ring (bicyclic) bond motifs is 1. The molecule has 1 aliphatic heterocycles. The molecule has 0 saturated heterocycles. The molecule has 0 fully saturated rings. The van der Waals surface area contributed by atoms with Crippen LogP contribution in [0.15, 0.2) is 34.9 Å². The van der Waals surface area contributed by atoms with Crippen LogP contribution in [0.25, 0.3) is 0 Å². The SMILES string of the molecule is O=C(CCc1ccco1)c1cc2c(cc1F)COB2O. The summed E-state index contributed by atoms with van der Waals surface area (Å²) in [5.41, 5.74) is 1.03. The van der Waals surface area contributed by atoms with Crippen molar-refractivity contribution in [2.45, 2.75) is 19.4 Å². The first-order valence-electron chi connectivity index (χ1n) is 6.32. The molecule has 0 radical (unpaired) electrons. The van der Waals surface area contributed by atoms with Crippen LogP contribution in [0.5, 0.6) is 0 Å². The zero-order valence-electron chi connectivity index (χ0n) is 10.6. The maximum Gasteiger partial charge on any atom is 0.491 e. The van der Waals surface area contributed by atoms with E-state index in [0.29, 0.717) is 23.2 Å². The van der Waals surface area contributed by atoms with Crippen molar-refractivity contribution in [1.29, 1.82) is 0 Å². The second kappa shape index (κ2) is 5.23. The average Bonchev–Trinajstić information content (AvgIpc) is 3.06. The van der Waals surface area contributed by atoms with Crippen molar-refractivity contribution in [2.75, 3.05) is 0 Å². The van der Waals surface area contributed by atoms with Gasteiger partial charge in [0.25, 0.3) is 0 Å². The molecular weight excluding hydrogens is 262 g/mol. The summed E-state index contributed by atoms with van der Waals surface area (Å²) in [6.07, 6.45) is 2.10. The van der Waals surface area contributed by atoms with Crippen LogP contribution >= 0.6 is 0 Å². The summed E-state index contributed by atoms with van der Waals surface area (Å²) in [4.78, 5) is 12.1. The minimum Gasteiger partial charge on any atom is -0.469 e. The summed E-state index contributed by atoms with van der Waals surface area (Å²) in [7, 11) is -1.08. The number of carbonyl (C=O) groups excluding carboxylic acids is 1. The highest BCUT2D eigenvalue weighted by molar-refractivity contribution is 6.61. The Labute approximate surface area is 115 Å². The van der Waals surface area contributed by atoms with Crippen molar-refractivity contribution in [1.82, 2.24) is 0 Å². The van der Waals surface area contributed by atoms with E-state index in [1.807, 2.05) is 0 Å². The van der Waals surface area contributed by atoms with Crippen LogP contribution in [0.2, 0.25) is 0 Å². The molecule has 3 rings (SSSR count). The predicted octanol–water partition coefficient (Wildman–Crippen LogP) is 1.45. The average molecular weight is 274 g/mol. The Morgan fingerprint density at radius 2 is 2.30 bits per heavy atom. The topological polar surface area (TPSA) is 59.7 Å². The number of benzene rings is 1. The fourth-order valence-electron chi connectivity index (χ4n) is 2.28. The fraction of sp³-hybridized carbons (Fsp3) is 0.214. The lowest BCUT2D eigenvalue weighted by molar-refractivity contribution is 0.0977. The van der Waals surface area contributed by atoms with E-state index in [1.54, 1.807) is 12.1 Å². The van der Waals surface area contributed by atoms with Gasteiger partial charge < -0.3 is 14.1 Å². The number of hydrogen-bond acceptors (Lipinski definition) is 4. The number of carbonyl (C=O) groups is 1. The van der Waals surface area contributed by atoms with Gasteiger partial charge in [-0.1, -0.05) is 0 Å². The summed E-state index contributed by atoms with van der Waals surface area (Å²) in [5, 5.41) is 9.59. The third kappa shape index (κ3) is 2.40. The lowest BCUT2D eigenvalue weighted by atomic mass is 9.78. The van der Waals surface area contributed by atoms with Gasteiger partial charge in [-0.25, -0.2) is 4.39 Å². The number of ketones is 1. The highest BCUT2D eigenvalue weighted by Crippen LogP contribution is 2.17. The standard InChI is InChI=1S/C14H12BFO4/c16-13-6-9-8-20-15(18)12(9)7-11(13)14(17)4-3-10-2-1-5-19-10/h1-2,5-7,18H,3-4,8H2. The highest BCUT2D eigenvalue weighted by Gasteiger charge is 2.29. The maximum atomic E-state index is 13.9. The molecule has 1 N–H and O–H groups in total. The Bertz CT molecular complexity index is 639. The molecule has 20 heavy (non-hydrogen) atoms. The van der Waals surface area contributed by atoms with Gasteiger partial charge in [-0.3, -0.25) is 4.79 Å². The molecule has 0 amide bonds. The summed E-state index contributed by atoms with van der Waals surface area (Å²) in [5.74, 6) is -0.213. The largest absolute Gasteiger partial charge is 0.491 e. The second-order valence-corrected chi connectivity index (χ2v) is 4.70. The monoisotopic (exact) mass is 274 g/mol. The number of halogens is 1. The molecule has 6 heteroatoms. The van der Waals surface area contributed by atoms with Gasteiger partial charge >= 0.3 is 7.12 Å². The lowest BCUT2D eigenvalue weighted by Crippen LogP contribution is -2.29. The molecule has 102 valence electrons. The van der Waals surface area contributed by atoms with E-state index in [4.69, 9.17) is 9.07 Å². The van der Waals surface area contributed by atoms with Crippen molar-refractivity contribution in [3.63, 3.8) is 0 Å². The molecule has 0 atom stereocenters. The second-order valence-electron chi connectivity index (χ2n) is 4.70. The third-order valence-corrected chi connectivity index (χ3v) is 3.37. The van der Waals surface area contributed by atoms with E-state index in [2.05, 4.69) is 0 Å². The Kier molecular flexibility index (Phi) is 3.42. The van der Waals surface area contributed by atoms with E-state index < -0.39 is 12.9 Å². The van der Waals surface area contributed by atoms with Gasteiger partial charge in [-0.15, -0.1) is 0 Å². The van der Waals surface area contributed by atoms with E-state index in [0.717, 1.165) is 0 Å².